The smallest absolute Gasteiger partial charge is 0.246 e. The number of methoxy groups -OCH3 is 1. The molecule has 1 aliphatic heterocycles. The summed E-state index contributed by atoms with van der Waals surface area (Å²) < 4.78 is 6.03. The van der Waals surface area contributed by atoms with Crippen molar-refractivity contribution in [2.45, 2.75) is 6.54 Å². The standard InChI is InChI=1S/C20H17N3O4S/c1-27-13-8-6-12(7-9-13)10-23-11-15(24)17(19(23)26)18(25)22-20-21-14-4-2-3-5-16(14)28-20/h2-9,17H,10-11H2,1H3,(H,21,22,25). The van der Waals surface area contributed by atoms with Crippen LogP contribution in [0.1, 0.15) is 5.56 Å². The van der Waals surface area contributed by atoms with Crippen molar-refractivity contribution in [1.29, 1.82) is 0 Å². The molecule has 2 aromatic carbocycles. The Labute approximate surface area is 164 Å². The van der Waals surface area contributed by atoms with Crippen LogP contribution in [0.4, 0.5) is 5.13 Å². The molecule has 3 aromatic rings. The van der Waals surface area contributed by atoms with E-state index in [1.54, 1.807) is 19.2 Å². The van der Waals surface area contributed by atoms with E-state index >= 15 is 0 Å². The van der Waals surface area contributed by atoms with E-state index in [1.165, 1.54) is 16.2 Å². The summed E-state index contributed by atoms with van der Waals surface area (Å²) >= 11 is 1.30. The van der Waals surface area contributed by atoms with Crippen LogP contribution in [-0.2, 0) is 20.9 Å². The summed E-state index contributed by atoms with van der Waals surface area (Å²) in [4.78, 5) is 43.3. The lowest BCUT2D eigenvalue weighted by Gasteiger charge is -2.15. The zero-order chi connectivity index (χ0) is 19.7. The average molecular weight is 395 g/mol. The third-order valence-corrected chi connectivity index (χ3v) is 5.50. The van der Waals surface area contributed by atoms with Crippen molar-refractivity contribution in [3.63, 3.8) is 0 Å². The van der Waals surface area contributed by atoms with Crippen LogP contribution < -0.4 is 10.1 Å². The van der Waals surface area contributed by atoms with E-state index in [1.807, 2.05) is 36.4 Å². The Morgan fingerprint density at radius 2 is 1.96 bits per heavy atom. The first-order chi connectivity index (χ1) is 13.5. The first kappa shape index (κ1) is 18.1. The molecule has 0 bridgehead atoms. The number of rotatable bonds is 5. The van der Waals surface area contributed by atoms with E-state index in [0.29, 0.717) is 10.9 Å². The zero-order valence-electron chi connectivity index (χ0n) is 15.0. The number of ether oxygens (including phenoxy) is 1. The normalized spacial score (nSPS) is 16.6. The molecule has 0 saturated carbocycles. The maximum absolute atomic E-state index is 12.6. The van der Waals surface area contributed by atoms with Crippen LogP contribution in [0.2, 0.25) is 0 Å². The molecule has 1 atom stereocenters. The summed E-state index contributed by atoms with van der Waals surface area (Å²) in [5, 5.41) is 2.99. The molecule has 8 heteroatoms. The second kappa shape index (κ2) is 7.40. The van der Waals surface area contributed by atoms with Gasteiger partial charge in [-0.2, -0.15) is 0 Å². The minimum absolute atomic E-state index is 0.0806. The number of ketones is 1. The number of hydrogen-bond donors (Lipinski definition) is 1. The lowest BCUT2D eigenvalue weighted by atomic mass is 10.1. The number of aromatic nitrogens is 1. The lowest BCUT2D eigenvalue weighted by Crippen LogP contribution is -2.34. The number of para-hydroxylation sites is 1. The molecule has 1 unspecified atom stereocenters. The molecule has 0 spiro atoms. The van der Waals surface area contributed by atoms with Crippen LogP contribution in [-0.4, -0.2) is 41.1 Å². The van der Waals surface area contributed by atoms with Gasteiger partial charge in [0.2, 0.25) is 11.8 Å². The van der Waals surface area contributed by atoms with Crippen LogP contribution in [0.5, 0.6) is 5.75 Å². The third-order valence-electron chi connectivity index (χ3n) is 4.55. The van der Waals surface area contributed by atoms with Crippen LogP contribution in [0, 0.1) is 5.92 Å². The number of carbonyl (C=O) groups is 3. The van der Waals surface area contributed by atoms with Gasteiger partial charge in [0, 0.05) is 6.54 Å². The van der Waals surface area contributed by atoms with E-state index in [0.717, 1.165) is 15.8 Å². The zero-order valence-corrected chi connectivity index (χ0v) is 15.9. The van der Waals surface area contributed by atoms with Crippen LogP contribution in [0.25, 0.3) is 10.2 Å². The predicted molar refractivity (Wildman–Crippen MR) is 105 cm³/mol. The summed E-state index contributed by atoms with van der Waals surface area (Å²) in [5.41, 5.74) is 1.61. The number of carbonyl (C=O) groups excluding carboxylic acids is 3. The predicted octanol–water partition coefficient (Wildman–Crippen LogP) is 2.47. The Morgan fingerprint density at radius 1 is 1.21 bits per heavy atom. The first-order valence-corrected chi connectivity index (χ1v) is 9.47. The van der Waals surface area contributed by atoms with Gasteiger partial charge in [0.05, 0.1) is 23.9 Å². The highest BCUT2D eigenvalue weighted by Crippen LogP contribution is 2.27. The summed E-state index contributed by atoms with van der Waals surface area (Å²) in [6.07, 6.45) is 0. The van der Waals surface area contributed by atoms with Gasteiger partial charge in [-0.3, -0.25) is 14.4 Å². The average Bonchev–Trinajstić information content (AvgIpc) is 3.22. The fraction of sp³-hybridized carbons (Fsp3) is 0.200. The van der Waals surface area contributed by atoms with Crippen LogP contribution in [0.15, 0.2) is 48.5 Å². The van der Waals surface area contributed by atoms with Crippen molar-refractivity contribution in [1.82, 2.24) is 9.88 Å². The van der Waals surface area contributed by atoms with Gasteiger partial charge in [0.25, 0.3) is 0 Å². The number of fused-ring (bicyclic) bond motifs is 1. The second-order valence-electron chi connectivity index (χ2n) is 6.42. The Balaban J connectivity index is 1.45. The Morgan fingerprint density at radius 3 is 2.68 bits per heavy atom. The number of thiazole rings is 1. The van der Waals surface area contributed by atoms with E-state index in [-0.39, 0.29) is 13.1 Å². The molecule has 2 heterocycles. The van der Waals surface area contributed by atoms with Crippen LogP contribution >= 0.6 is 11.3 Å². The van der Waals surface area contributed by atoms with E-state index in [4.69, 9.17) is 4.74 Å². The van der Waals surface area contributed by atoms with Crippen LogP contribution in [0.3, 0.4) is 0 Å². The molecule has 1 fully saturated rings. The van der Waals surface area contributed by atoms with Gasteiger partial charge < -0.3 is 15.0 Å². The largest absolute Gasteiger partial charge is 0.497 e. The molecular formula is C20H17N3O4S. The molecule has 7 nitrogen and oxygen atoms in total. The minimum Gasteiger partial charge on any atom is -0.497 e. The Bertz CT molecular complexity index is 1030. The number of amides is 2. The van der Waals surface area contributed by atoms with Crippen molar-refractivity contribution < 1.29 is 19.1 Å². The SMILES string of the molecule is COc1ccc(CN2CC(=O)C(C(=O)Nc3nc4ccccc4s3)C2=O)cc1. The molecule has 0 radical (unpaired) electrons. The first-order valence-electron chi connectivity index (χ1n) is 8.66. The molecular weight excluding hydrogens is 378 g/mol. The van der Waals surface area contributed by atoms with Crippen molar-refractivity contribution >= 4 is 44.3 Å². The molecule has 1 aromatic heterocycles. The maximum Gasteiger partial charge on any atom is 0.246 e. The fourth-order valence-electron chi connectivity index (χ4n) is 3.12. The van der Waals surface area contributed by atoms with Crippen molar-refractivity contribution in [3.8, 4) is 5.75 Å². The molecule has 4 rings (SSSR count). The number of anilines is 1. The van der Waals surface area contributed by atoms with Gasteiger partial charge in [0.15, 0.2) is 16.8 Å². The Kier molecular flexibility index (Phi) is 4.79. The molecule has 1 aliphatic rings. The summed E-state index contributed by atoms with van der Waals surface area (Å²) in [6.45, 7) is 0.183. The molecule has 0 aliphatic carbocycles. The van der Waals surface area contributed by atoms with Crippen molar-refractivity contribution in [2.24, 2.45) is 5.92 Å². The van der Waals surface area contributed by atoms with Gasteiger partial charge in [-0.15, -0.1) is 0 Å². The molecule has 1 saturated heterocycles. The monoisotopic (exact) mass is 395 g/mol. The lowest BCUT2D eigenvalue weighted by molar-refractivity contribution is -0.138. The van der Waals surface area contributed by atoms with E-state index < -0.39 is 23.5 Å². The summed E-state index contributed by atoms with van der Waals surface area (Å²) in [6, 6.07) is 14.7. The number of likely N-dealkylation sites (tertiary alicyclic amines) is 1. The van der Waals surface area contributed by atoms with E-state index in [2.05, 4.69) is 10.3 Å². The summed E-state index contributed by atoms with van der Waals surface area (Å²) in [5.74, 6) is -2.14. The highest BCUT2D eigenvalue weighted by atomic mass is 32.1. The topological polar surface area (TPSA) is 88.6 Å². The number of hydrogen-bond acceptors (Lipinski definition) is 6. The quantitative estimate of drug-likeness (QED) is 0.671. The molecule has 1 N–H and O–H groups in total. The Hall–Kier alpha value is -3.26. The van der Waals surface area contributed by atoms with Gasteiger partial charge in [-0.05, 0) is 29.8 Å². The molecule has 2 amide bonds. The molecule has 142 valence electrons. The highest BCUT2D eigenvalue weighted by Gasteiger charge is 2.44. The number of nitrogens with zero attached hydrogens (tertiary/aromatic N) is 2. The van der Waals surface area contributed by atoms with Crippen molar-refractivity contribution in [3.05, 3.63) is 54.1 Å². The van der Waals surface area contributed by atoms with Gasteiger partial charge in [-0.1, -0.05) is 35.6 Å². The fourth-order valence-corrected chi connectivity index (χ4v) is 3.99. The van der Waals surface area contributed by atoms with E-state index in [9.17, 15) is 14.4 Å². The van der Waals surface area contributed by atoms with Gasteiger partial charge in [0.1, 0.15) is 5.75 Å². The number of benzene rings is 2. The summed E-state index contributed by atoms with van der Waals surface area (Å²) in [7, 11) is 1.58. The second-order valence-corrected chi connectivity index (χ2v) is 7.45. The van der Waals surface area contributed by atoms with Gasteiger partial charge >= 0.3 is 0 Å². The van der Waals surface area contributed by atoms with Crippen molar-refractivity contribution in [2.75, 3.05) is 19.0 Å². The minimum atomic E-state index is -1.33. The third kappa shape index (κ3) is 3.46. The number of Topliss-reactive ketones (excluding diaryl/α,β-unsaturated/α-hetero) is 1. The maximum atomic E-state index is 12.6. The highest BCUT2D eigenvalue weighted by molar-refractivity contribution is 7.22. The van der Waals surface area contributed by atoms with Gasteiger partial charge in [-0.25, -0.2) is 4.98 Å². The molecule has 28 heavy (non-hydrogen) atoms. The number of nitrogens with one attached hydrogen (secondary N) is 1.